The average molecular weight is 375 g/mol. The summed E-state index contributed by atoms with van der Waals surface area (Å²) in [5.74, 6) is 1.47. The minimum Gasteiger partial charge on any atom is -0.393 e. The molecule has 3 saturated carbocycles. The van der Waals surface area contributed by atoms with Gasteiger partial charge in [-0.15, -0.1) is 0 Å². The molecule has 0 spiro atoms. The highest BCUT2D eigenvalue weighted by molar-refractivity contribution is 5.85. The van der Waals surface area contributed by atoms with Crippen molar-refractivity contribution in [3.8, 4) is 0 Å². The van der Waals surface area contributed by atoms with Crippen molar-refractivity contribution in [2.45, 2.75) is 77.6 Å². The Hall–Kier alpha value is -0.710. The van der Waals surface area contributed by atoms with Crippen molar-refractivity contribution in [3.63, 3.8) is 0 Å². The van der Waals surface area contributed by atoms with Crippen molar-refractivity contribution >= 4 is 5.78 Å². The number of hydrogen-bond donors (Lipinski definition) is 1. The van der Waals surface area contributed by atoms with Gasteiger partial charge >= 0.3 is 0 Å². The predicted octanol–water partition coefficient (Wildman–Crippen LogP) is 3.87. The number of ketones is 1. The quantitative estimate of drug-likeness (QED) is 0.708. The van der Waals surface area contributed by atoms with Gasteiger partial charge in [-0.05, 0) is 74.2 Å². The van der Waals surface area contributed by atoms with E-state index in [0.717, 1.165) is 38.5 Å². The first-order chi connectivity index (χ1) is 12.8. The summed E-state index contributed by atoms with van der Waals surface area (Å²) in [5.41, 5.74) is 1.16. The van der Waals surface area contributed by atoms with Crippen LogP contribution in [0.2, 0.25) is 0 Å². The number of carbonyl (C=O) groups is 1. The minimum absolute atomic E-state index is 0.0770. The van der Waals surface area contributed by atoms with Gasteiger partial charge in [0.1, 0.15) is 5.78 Å². The smallest absolute Gasteiger partial charge is 0.188 e. The molecule has 150 valence electrons. The van der Waals surface area contributed by atoms with Crippen molar-refractivity contribution in [2.75, 3.05) is 13.2 Å². The van der Waals surface area contributed by atoms with E-state index in [1.54, 1.807) is 0 Å². The Balaban J connectivity index is 1.48. The number of fused-ring (bicyclic) bond motifs is 5. The summed E-state index contributed by atoms with van der Waals surface area (Å²) >= 11 is 0. The van der Waals surface area contributed by atoms with Crippen LogP contribution >= 0.6 is 0 Å². The Morgan fingerprint density at radius 2 is 1.85 bits per heavy atom. The van der Waals surface area contributed by atoms with E-state index in [9.17, 15) is 9.90 Å². The maximum absolute atomic E-state index is 13.6. The number of hydrogen-bond acceptors (Lipinski definition) is 4. The minimum atomic E-state index is -0.646. The molecule has 0 aromatic heterocycles. The molecule has 1 aliphatic heterocycles. The molecule has 0 radical (unpaired) electrons. The third kappa shape index (κ3) is 2.42. The highest BCUT2D eigenvalue weighted by Gasteiger charge is 2.63. The molecule has 0 bridgehead atoms. The third-order valence-corrected chi connectivity index (χ3v) is 9.23. The van der Waals surface area contributed by atoms with E-state index in [2.05, 4.69) is 19.9 Å². The van der Waals surface area contributed by atoms with Gasteiger partial charge < -0.3 is 14.6 Å². The summed E-state index contributed by atoms with van der Waals surface area (Å²) in [4.78, 5) is 13.6. The van der Waals surface area contributed by atoms with E-state index < -0.39 is 5.79 Å². The summed E-state index contributed by atoms with van der Waals surface area (Å²) < 4.78 is 12.0. The number of allylic oxidation sites excluding steroid dienone is 1. The first-order valence-electron chi connectivity index (χ1n) is 11.0. The number of rotatable bonds is 1. The van der Waals surface area contributed by atoms with E-state index in [-0.39, 0.29) is 22.9 Å². The van der Waals surface area contributed by atoms with Crippen LogP contribution in [0, 0.1) is 34.5 Å². The van der Waals surface area contributed by atoms with Crippen molar-refractivity contribution < 1.29 is 19.4 Å². The van der Waals surface area contributed by atoms with Gasteiger partial charge in [0.15, 0.2) is 5.79 Å². The normalized spacial score (nSPS) is 51.3. The SMILES string of the molecule is CC1(C2=CC[C@H]3[C@@H]4CC[C@H]5C[C@@H](O)CC[C@]5(C)[C@H]4C(=O)C[C@]23C)OCCO1. The van der Waals surface area contributed by atoms with Crippen molar-refractivity contribution in [3.05, 3.63) is 11.6 Å². The molecule has 4 fully saturated rings. The Morgan fingerprint density at radius 1 is 1.11 bits per heavy atom. The van der Waals surface area contributed by atoms with Gasteiger partial charge in [0.25, 0.3) is 0 Å². The average Bonchev–Trinajstić information content (AvgIpc) is 3.19. The van der Waals surface area contributed by atoms with Crippen LogP contribution in [0.5, 0.6) is 0 Å². The van der Waals surface area contributed by atoms with Crippen LogP contribution in [0.1, 0.15) is 65.7 Å². The standard InChI is InChI=1S/C23H34O4/c1-21-9-8-15(24)12-14(21)4-5-16-17-6-7-19(23(3)26-10-11-27-23)22(17,2)13-18(25)20(16)21/h7,14-17,20,24H,4-6,8-13H2,1-3H3/t14-,15-,16-,17-,20+,21-,22-/m0/s1. The molecule has 4 nitrogen and oxygen atoms in total. The van der Waals surface area contributed by atoms with E-state index in [0.29, 0.717) is 43.2 Å². The highest BCUT2D eigenvalue weighted by Crippen LogP contribution is 2.66. The summed E-state index contributed by atoms with van der Waals surface area (Å²) in [6, 6.07) is 0. The number of aliphatic hydroxyl groups is 1. The summed E-state index contributed by atoms with van der Waals surface area (Å²) in [6.07, 6.45) is 8.87. The Kier molecular flexibility index (Phi) is 4.00. The molecule has 4 heteroatoms. The van der Waals surface area contributed by atoms with Gasteiger partial charge in [-0.25, -0.2) is 0 Å². The molecule has 0 unspecified atom stereocenters. The lowest BCUT2D eigenvalue weighted by molar-refractivity contribution is -0.164. The van der Waals surface area contributed by atoms with E-state index in [4.69, 9.17) is 9.47 Å². The van der Waals surface area contributed by atoms with Gasteiger partial charge in [-0.3, -0.25) is 4.79 Å². The lowest BCUT2D eigenvalue weighted by Crippen LogP contribution is -2.58. The fourth-order valence-corrected chi connectivity index (χ4v) is 8.00. The van der Waals surface area contributed by atoms with Crippen molar-refractivity contribution in [1.29, 1.82) is 0 Å². The third-order valence-electron chi connectivity index (χ3n) is 9.23. The van der Waals surface area contributed by atoms with Crippen LogP contribution in [0.3, 0.4) is 0 Å². The van der Waals surface area contributed by atoms with E-state index >= 15 is 0 Å². The van der Waals surface area contributed by atoms with E-state index in [1.807, 2.05) is 6.92 Å². The fraction of sp³-hybridized carbons (Fsp3) is 0.870. The molecule has 1 saturated heterocycles. The van der Waals surface area contributed by atoms with Crippen LogP contribution in [0.25, 0.3) is 0 Å². The van der Waals surface area contributed by atoms with Crippen LogP contribution in [0.4, 0.5) is 0 Å². The number of aliphatic hydroxyl groups excluding tert-OH is 1. The molecule has 0 aromatic rings. The van der Waals surface area contributed by atoms with Gasteiger partial charge in [0, 0.05) is 17.8 Å². The zero-order valence-electron chi connectivity index (χ0n) is 17.0. The zero-order valence-corrected chi connectivity index (χ0v) is 17.0. The van der Waals surface area contributed by atoms with E-state index in [1.165, 1.54) is 5.57 Å². The van der Waals surface area contributed by atoms with Crippen LogP contribution in [-0.4, -0.2) is 36.0 Å². The molecule has 1 heterocycles. The molecule has 5 aliphatic rings. The Labute approximate surface area is 162 Å². The van der Waals surface area contributed by atoms with Crippen LogP contribution < -0.4 is 0 Å². The molecule has 7 atom stereocenters. The molecule has 27 heavy (non-hydrogen) atoms. The topological polar surface area (TPSA) is 55.8 Å². The van der Waals surface area contributed by atoms with Gasteiger partial charge in [0.05, 0.1) is 19.3 Å². The molecule has 0 amide bonds. The molecular formula is C23H34O4. The second-order valence-corrected chi connectivity index (χ2v) is 10.5. The second-order valence-electron chi connectivity index (χ2n) is 10.5. The number of ether oxygens (including phenoxy) is 2. The molecular weight excluding hydrogens is 340 g/mol. The number of carbonyl (C=O) groups excluding carboxylic acids is 1. The summed E-state index contributed by atoms with van der Waals surface area (Å²) in [5, 5.41) is 10.2. The maximum Gasteiger partial charge on any atom is 0.188 e. The summed E-state index contributed by atoms with van der Waals surface area (Å²) in [7, 11) is 0. The van der Waals surface area contributed by atoms with Crippen molar-refractivity contribution in [1.82, 2.24) is 0 Å². The highest BCUT2D eigenvalue weighted by atomic mass is 16.7. The molecule has 4 aliphatic carbocycles. The lowest BCUT2D eigenvalue weighted by atomic mass is 9.44. The van der Waals surface area contributed by atoms with Gasteiger partial charge in [-0.1, -0.05) is 19.9 Å². The second kappa shape index (κ2) is 5.90. The fourth-order valence-electron chi connectivity index (χ4n) is 8.00. The first kappa shape index (κ1) is 18.3. The first-order valence-corrected chi connectivity index (χ1v) is 11.0. The Bertz CT molecular complexity index is 678. The van der Waals surface area contributed by atoms with Crippen LogP contribution in [-0.2, 0) is 14.3 Å². The van der Waals surface area contributed by atoms with Gasteiger partial charge in [-0.2, -0.15) is 0 Å². The van der Waals surface area contributed by atoms with Gasteiger partial charge in [0.2, 0.25) is 0 Å². The lowest BCUT2D eigenvalue weighted by Gasteiger charge is -2.60. The molecule has 0 aromatic carbocycles. The Morgan fingerprint density at radius 3 is 2.59 bits per heavy atom. The van der Waals surface area contributed by atoms with Crippen LogP contribution in [0.15, 0.2) is 11.6 Å². The monoisotopic (exact) mass is 374 g/mol. The molecule has 1 N–H and O–H groups in total. The van der Waals surface area contributed by atoms with Crippen molar-refractivity contribution in [2.24, 2.45) is 34.5 Å². The predicted molar refractivity (Wildman–Crippen MR) is 102 cm³/mol. The number of Topliss-reactive ketones (excluding diaryl/α,β-unsaturated/α-hetero) is 1. The zero-order chi connectivity index (χ0) is 19.0. The molecule has 5 rings (SSSR count). The summed E-state index contributed by atoms with van der Waals surface area (Å²) in [6.45, 7) is 7.96. The largest absolute Gasteiger partial charge is 0.393 e. The maximum atomic E-state index is 13.6.